The summed E-state index contributed by atoms with van der Waals surface area (Å²) in [5.41, 5.74) is 0.198. The summed E-state index contributed by atoms with van der Waals surface area (Å²) in [7, 11) is 0. The van der Waals surface area contributed by atoms with Gasteiger partial charge in [-0.15, -0.1) is 11.3 Å². The predicted molar refractivity (Wildman–Crippen MR) is 110 cm³/mol. The van der Waals surface area contributed by atoms with Gasteiger partial charge in [0.2, 0.25) is 0 Å². The van der Waals surface area contributed by atoms with E-state index in [0.29, 0.717) is 0 Å². The molecule has 2 fully saturated rings. The maximum atomic E-state index is 10.6. The van der Waals surface area contributed by atoms with Crippen molar-refractivity contribution in [1.82, 2.24) is 14.9 Å². The number of carboxylic acids is 1. The largest absolute Gasteiger partial charge is 0.490 e. The van der Waals surface area contributed by atoms with Gasteiger partial charge in [-0.3, -0.25) is 9.88 Å². The lowest BCUT2D eigenvalue weighted by molar-refractivity contribution is -0.192. The summed E-state index contributed by atoms with van der Waals surface area (Å²) in [5, 5.41) is 9.29. The van der Waals surface area contributed by atoms with Crippen molar-refractivity contribution in [2.45, 2.75) is 25.6 Å². The summed E-state index contributed by atoms with van der Waals surface area (Å²) >= 11 is 1.85. The van der Waals surface area contributed by atoms with Gasteiger partial charge in [-0.25, -0.2) is 9.78 Å². The highest BCUT2D eigenvalue weighted by molar-refractivity contribution is 7.09. The van der Waals surface area contributed by atoms with E-state index < -0.39 is 12.1 Å². The van der Waals surface area contributed by atoms with Crippen molar-refractivity contribution in [3.8, 4) is 0 Å². The standard InChI is InChI=1S/C18H24N4OS.C2HF3O2/c1-3-16(24-10-1)12-21-7-2-4-18(13-21)14-22(8-9-23-15-18)17-11-19-5-6-20-17;3-2(4,5)1(6)7/h1,3,5-6,10-11H,2,4,7-9,12-15H2;(H,6,7). The number of piperidine rings is 1. The smallest absolute Gasteiger partial charge is 0.475 e. The first-order valence-corrected chi connectivity index (χ1v) is 10.8. The van der Waals surface area contributed by atoms with Gasteiger partial charge in [0.05, 0.1) is 19.4 Å². The van der Waals surface area contributed by atoms with Crippen LogP contribution in [0.15, 0.2) is 36.1 Å². The van der Waals surface area contributed by atoms with Crippen LogP contribution in [0.5, 0.6) is 0 Å². The molecular formula is C20H25F3N4O3S. The molecule has 11 heteroatoms. The van der Waals surface area contributed by atoms with E-state index in [1.807, 2.05) is 17.5 Å². The molecule has 0 saturated carbocycles. The van der Waals surface area contributed by atoms with Crippen molar-refractivity contribution in [2.75, 3.05) is 44.3 Å². The number of aliphatic carboxylic acids is 1. The van der Waals surface area contributed by atoms with Gasteiger partial charge >= 0.3 is 12.1 Å². The summed E-state index contributed by atoms with van der Waals surface area (Å²) < 4.78 is 37.7. The Morgan fingerprint density at radius 3 is 2.74 bits per heavy atom. The minimum Gasteiger partial charge on any atom is -0.475 e. The average molecular weight is 459 g/mol. The zero-order chi connectivity index (χ0) is 22.3. The van der Waals surface area contributed by atoms with E-state index in [-0.39, 0.29) is 5.41 Å². The molecule has 170 valence electrons. The van der Waals surface area contributed by atoms with Crippen LogP contribution in [0.25, 0.3) is 0 Å². The van der Waals surface area contributed by atoms with Crippen molar-refractivity contribution < 1.29 is 27.8 Å². The quantitative estimate of drug-likeness (QED) is 0.756. The number of ether oxygens (including phenoxy) is 1. The normalized spacial score (nSPS) is 22.5. The zero-order valence-electron chi connectivity index (χ0n) is 16.9. The molecule has 2 saturated heterocycles. The molecule has 2 aliphatic rings. The van der Waals surface area contributed by atoms with Crippen molar-refractivity contribution in [3.63, 3.8) is 0 Å². The number of thiophene rings is 1. The zero-order valence-corrected chi connectivity index (χ0v) is 17.7. The van der Waals surface area contributed by atoms with E-state index in [1.165, 1.54) is 24.3 Å². The Hall–Kier alpha value is -2.24. The second-order valence-corrected chi connectivity index (χ2v) is 8.77. The summed E-state index contributed by atoms with van der Waals surface area (Å²) in [6, 6.07) is 4.38. The molecule has 1 spiro atoms. The highest BCUT2D eigenvalue weighted by Crippen LogP contribution is 2.34. The molecule has 7 nitrogen and oxygen atoms in total. The van der Waals surface area contributed by atoms with Crippen LogP contribution in [0.2, 0.25) is 0 Å². The van der Waals surface area contributed by atoms with E-state index in [9.17, 15) is 13.2 Å². The highest BCUT2D eigenvalue weighted by Gasteiger charge is 2.39. The summed E-state index contributed by atoms with van der Waals surface area (Å²) in [6.45, 7) is 6.86. The van der Waals surface area contributed by atoms with Crippen LogP contribution in [-0.4, -0.2) is 71.5 Å². The Kier molecular flexibility index (Phi) is 7.84. The maximum Gasteiger partial charge on any atom is 0.490 e. The Labute approximate surface area is 182 Å². The second kappa shape index (κ2) is 10.4. The molecule has 1 atom stereocenters. The summed E-state index contributed by atoms with van der Waals surface area (Å²) in [5.74, 6) is -1.79. The highest BCUT2D eigenvalue weighted by atomic mass is 32.1. The fraction of sp³-hybridized carbons (Fsp3) is 0.550. The number of aromatic nitrogens is 2. The third-order valence-corrected chi connectivity index (χ3v) is 6.12. The van der Waals surface area contributed by atoms with E-state index in [0.717, 1.165) is 45.2 Å². The van der Waals surface area contributed by atoms with Crippen LogP contribution in [-0.2, 0) is 16.1 Å². The third kappa shape index (κ3) is 6.88. The van der Waals surface area contributed by atoms with Crippen molar-refractivity contribution in [3.05, 3.63) is 41.0 Å². The van der Waals surface area contributed by atoms with E-state index in [4.69, 9.17) is 14.6 Å². The minimum atomic E-state index is -5.08. The van der Waals surface area contributed by atoms with Crippen LogP contribution in [0, 0.1) is 5.41 Å². The van der Waals surface area contributed by atoms with Gasteiger partial charge < -0.3 is 14.7 Å². The monoisotopic (exact) mass is 458 g/mol. The molecule has 1 N–H and O–H groups in total. The average Bonchev–Trinajstić information content (AvgIpc) is 3.16. The summed E-state index contributed by atoms with van der Waals surface area (Å²) in [4.78, 5) is 24.0. The van der Waals surface area contributed by atoms with Crippen LogP contribution in [0.1, 0.15) is 17.7 Å². The van der Waals surface area contributed by atoms with Crippen molar-refractivity contribution >= 4 is 23.1 Å². The lowest BCUT2D eigenvalue weighted by atomic mass is 9.80. The van der Waals surface area contributed by atoms with Gasteiger partial charge in [-0.1, -0.05) is 6.07 Å². The van der Waals surface area contributed by atoms with Gasteiger partial charge in [-0.2, -0.15) is 13.2 Å². The molecule has 0 amide bonds. The molecular weight excluding hydrogens is 433 g/mol. The number of rotatable bonds is 3. The van der Waals surface area contributed by atoms with Crippen LogP contribution in [0.4, 0.5) is 19.0 Å². The number of carboxylic acid groups (broad SMARTS) is 1. The van der Waals surface area contributed by atoms with Gasteiger partial charge in [0, 0.05) is 48.9 Å². The molecule has 0 radical (unpaired) electrons. The molecule has 2 aromatic rings. The van der Waals surface area contributed by atoms with E-state index >= 15 is 0 Å². The van der Waals surface area contributed by atoms with E-state index in [1.54, 1.807) is 12.4 Å². The first-order chi connectivity index (χ1) is 14.8. The SMILES string of the molecule is O=C(O)C(F)(F)F.c1csc(CN2CCCC3(COCCN(c4cnccn4)C3)C2)c1. The van der Waals surface area contributed by atoms with Gasteiger partial charge in [-0.05, 0) is 30.8 Å². The Morgan fingerprint density at radius 1 is 1.29 bits per heavy atom. The summed E-state index contributed by atoms with van der Waals surface area (Å²) in [6.07, 6.45) is 2.76. The molecule has 0 aliphatic carbocycles. The van der Waals surface area contributed by atoms with Crippen molar-refractivity contribution in [1.29, 1.82) is 0 Å². The number of halogens is 3. The second-order valence-electron chi connectivity index (χ2n) is 7.73. The Bertz CT molecular complexity index is 823. The molecule has 4 heterocycles. The third-order valence-electron chi connectivity index (χ3n) is 5.26. The number of hydrogen-bond acceptors (Lipinski definition) is 7. The van der Waals surface area contributed by atoms with Gasteiger partial charge in [0.25, 0.3) is 0 Å². The Morgan fingerprint density at radius 2 is 2.10 bits per heavy atom. The fourth-order valence-electron chi connectivity index (χ4n) is 3.96. The molecule has 1 unspecified atom stereocenters. The molecule has 2 aliphatic heterocycles. The molecule has 4 rings (SSSR count). The van der Waals surface area contributed by atoms with E-state index in [2.05, 4.69) is 37.3 Å². The van der Waals surface area contributed by atoms with Crippen LogP contribution >= 0.6 is 11.3 Å². The topological polar surface area (TPSA) is 78.8 Å². The van der Waals surface area contributed by atoms with Crippen molar-refractivity contribution in [2.24, 2.45) is 5.41 Å². The first kappa shape index (κ1) is 23.4. The number of likely N-dealkylation sites (tertiary alicyclic amines) is 1. The minimum absolute atomic E-state index is 0.198. The van der Waals surface area contributed by atoms with Crippen LogP contribution in [0.3, 0.4) is 0 Å². The first-order valence-electron chi connectivity index (χ1n) is 9.91. The number of nitrogens with zero attached hydrogens (tertiary/aromatic N) is 4. The predicted octanol–water partition coefficient (Wildman–Crippen LogP) is 3.29. The number of carbonyl (C=O) groups is 1. The van der Waals surface area contributed by atoms with Gasteiger partial charge in [0.15, 0.2) is 0 Å². The van der Waals surface area contributed by atoms with Gasteiger partial charge in [0.1, 0.15) is 5.82 Å². The lowest BCUT2D eigenvalue weighted by Gasteiger charge is -2.43. The fourth-order valence-corrected chi connectivity index (χ4v) is 4.70. The van der Waals surface area contributed by atoms with Crippen LogP contribution < -0.4 is 4.90 Å². The Balaban J connectivity index is 0.000000339. The number of hydrogen-bond donors (Lipinski definition) is 1. The number of anilines is 1. The molecule has 31 heavy (non-hydrogen) atoms. The lowest BCUT2D eigenvalue weighted by Crippen LogP contribution is -2.50. The maximum absolute atomic E-state index is 10.6. The number of alkyl halides is 3. The molecule has 2 aromatic heterocycles. The molecule has 0 aromatic carbocycles. The molecule has 0 bridgehead atoms.